The van der Waals surface area contributed by atoms with Crippen LogP contribution in [0.25, 0.3) is 11.4 Å². The van der Waals surface area contributed by atoms with Crippen molar-refractivity contribution >= 4 is 6.29 Å². The van der Waals surface area contributed by atoms with E-state index in [2.05, 4.69) is 30.7 Å². The van der Waals surface area contributed by atoms with Crippen molar-refractivity contribution in [3.8, 4) is 11.4 Å². The minimum absolute atomic E-state index is 0.0121. The number of hydrogen-bond acceptors (Lipinski definition) is 1. The van der Waals surface area contributed by atoms with Crippen LogP contribution in [-0.4, -0.2) is 16.3 Å². The lowest BCUT2D eigenvalue weighted by atomic mass is 9.86. The Morgan fingerprint density at radius 3 is 2.56 bits per heavy atom. The summed E-state index contributed by atoms with van der Waals surface area (Å²) in [6, 6.07) is 5.86. The Hall–Kier alpha value is -1.77. The maximum atomic E-state index is 10.8. The van der Waals surface area contributed by atoms with E-state index in [9.17, 15) is 4.79 Å². The monoisotopic (exact) mass is 216 g/mol. The molecule has 2 heterocycles. The van der Waals surface area contributed by atoms with Gasteiger partial charge >= 0.3 is 0 Å². The first kappa shape index (κ1) is 10.7. The Bertz CT molecular complexity index is 486. The number of carbonyl (C=O) groups is 1. The smallest absolute Gasteiger partial charge is 0.166 e. The second-order valence-corrected chi connectivity index (χ2v) is 4.97. The van der Waals surface area contributed by atoms with Crippen LogP contribution in [0.5, 0.6) is 0 Å². The van der Waals surface area contributed by atoms with Crippen LogP contribution in [0.15, 0.2) is 24.4 Å². The van der Waals surface area contributed by atoms with Gasteiger partial charge in [-0.2, -0.15) is 0 Å². The zero-order chi connectivity index (χ0) is 11.8. The molecule has 3 nitrogen and oxygen atoms in total. The number of nitrogens with one attached hydrogen (secondary N) is 2. The molecule has 84 valence electrons. The third kappa shape index (κ3) is 1.81. The van der Waals surface area contributed by atoms with E-state index in [0.717, 1.165) is 23.2 Å². The molecule has 0 unspecified atom stereocenters. The van der Waals surface area contributed by atoms with Gasteiger partial charge in [-0.15, -0.1) is 0 Å². The average molecular weight is 216 g/mol. The molecule has 0 aliphatic rings. The summed E-state index contributed by atoms with van der Waals surface area (Å²) in [6.45, 7) is 6.41. The van der Waals surface area contributed by atoms with Crippen LogP contribution >= 0.6 is 0 Å². The highest BCUT2D eigenvalue weighted by atomic mass is 16.1. The fourth-order valence-corrected chi connectivity index (χ4v) is 1.83. The van der Waals surface area contributed by atoms with Crippen LogP contribution in [-0.2, 0) is 5.41 Å². The van der Waals surface area contributed by atoms with Crippen LogP contribution in [0.3, 0.4) is 0 Å². The number of aromatic amines is 2. The van der Waals surface area contributed by atoms with E-state index in [1.165, 1.54) is 0 Å². The van der Waals surface area contributed by atoms with Crippen molar-refractivity contribution in [1.82, 2.24) is 9.97 Å². The molecule has 16 heavy (non-hydrogen) atoms. The van der Waals surface area contributed by atoms with Crippen molar-refractivity contribution in [3.63, 3.8) is 0 Å². The lowest BCUT2D eigenvalue weighted by Gasteiger charge is -2.18. The highest BCUT2D eigenvalue weighted by Gasteiger charge is 2.21. The quantitative estimate of drug-likeness (QED) is 0.744. The summed E-state index contributed by atoms with van der Waals surface area (Å²) in [4.78, 5) is 17.1. The summed E-state index contributed by atoms with van der Waals surface area (Å²) in [7, 11) is 0. The van der Waals surface area contributed by atoms with Gasteiger partial charge in [0.15, 0.2) is 6.29 Å². The molecule has 2 rings (SSSR count). The predicted molar refractivity (Wildman–Crippen MR) is 64.7 cm³/mol. The first-order valence-electron chi connectivity index (χ1n) is 5.35. The van der Waals surface area contributed by atoms with Crippen LogP contribution < -0.4 is 0 Å². The van der Waals surface area contributed by atoms with Gasteiger partial charge in [-0.05, 0) is 29.2 Å². The molecule has 0 saturated heterocycles. The van der Waals surface area contributed by atoms with Gasteiger partial charge in [-0.1, -0.05) is 20.8 Å². The second kappa shape index (κ2) is 3.67. The molecule has 0 aliphatic heterocycles. The van der Waals surface area contributed by atoms with E-state index in [1.54, 1.807) is 0 Å². The van der Waals surface area contributed by atoms with E-state index in [1.807, 2.05) is 24.4 Å². The van der Waals surface area contributed by atoms with E-state index >= 15 is 0 Å². The maximum Gasteiger partial charge on any atom is 0.166 e. The number of rotatable bonds is 2. The third-order valence-electron chi connectivity index (χ3n) is 2.64. The molecule has 2 aromatic heterocycles. The van der Waals surface area contributed by atoms with Gasteiger partial charge in [0.05, 0.1) is 17.1 Å². The van der Waals surface area contributed by atoms with Crippen molar-refractivity contribution in [2.24, 2.45) is 0 Å². The van der Waals surface area contributed by atoms with Crippen molar-refractivity contribution in [3.05, 3.63) is 35.7 Å². The number of carbonyl (C=O) groups excluding carboxylic acids is 1. The molecule has 2 N–H and O–H groups in total. The fourth-order valence-electron chi connectivity index (χ4n) is 1.83. The second-order valence-electron chi connectivity index (χ2n) is 4.97. The topological polar surface area (TPSA) is 48.6 Å². The molecule has 2 aromatic rings. The summed E-state index contributed by atoms with van der Waals surface area (Å²) in [6.07, 6.45) is 2.73. The largest absolute Gasteiger partial charge is 0.360 e. The normalized spacial score (nSPS) is 11.7. The average Bonchev–Trinajstić information content (AvgIpc) is 2.85. The first-order valence-corrected chi connectivity index (χ1v) is 5.35. The molecular formula is C13H16N2O. The fraction of sp³-hybridized carbons (Fsp3) is 0.308. The standard InChI is InChI=1S/C13H16N2O/c1-13(2,3)10-7-9(8-16)15-12(10)11-5-4-6-14-11/h4-8,14-15H,1-3H3. The molecular weight excluding hydrogens is 200 g/mol. The van der Waals surface area contributed by atoms with Gasteiger partial charge in [0.2, 0.25) is 0 Å². The van der Waals surface area contributed by atoms with E-state index in [-0.39, 0.29) is 5.41 Å². The van der Waals surface area contributed by atoms with Gasteiger partial charge in [0.25, 0.3) is 0 Å². The number of aldehydes is 1. The molecule has 0 saturated carbocycles. The Morgan fingerprint density at radius 1 is 1.31 bits per heavy atom. The summed E-state index contributed by atoms with van der Waals surface area (Å²) in [5.74, 6) is 0. The van der Waals surface area contributed by atoms with Gasteiger partial charge in [0.1, 0.15) is 0 Å². The molecule has 0 aliphatic carbocycles. The minimum atomic E-state index is 0.0121. The van der Waals surface area contributed by atoms with E-state index < -0.39 is 0 Å². The molecule has 3 heteroatoms. The number of aromatic nitrogens is 2. The number of H-pyrrole nitrogens is 2. The van der Waals surface area contributed by atoms with Crippen molar-refractivity contribution in [2.45, 2.75) is 26.2 Å². The van der Waals surface area contributed by atoms with Crippen LogP contribution in [0.1, 0.15) is 36.8 Å². The molecule has 0 fully saturated rings. The van der Waals surface area contributed by atoms with E-state index in [4.69, 9.17) is 0 Å². The Labute approximate surface area is 94.9 Å². The highest BCUT2D eigenvalue weighted by molar-refractivity contribution is 5.77. The SMILES string of the molecule is CC(C)(C)c1cc(C=O)[nH]c1-c1ccc[nH]1. The molecule has 0 atom stereocenters. The molecule has 0 bridgehead atoms. The van der Waals surface area contributed by atoms with Crippen molar-refractivity contribution in [1.29, 1.82) is 0 Å². The molecule has 0 spiro atoms. The molecule has 0 amide bonds. The zero-order valence-corrected chi connectivity index (χ0v) is 9.79. The maximum absolute atomic E-state index is 10.8. The van der Waals surface area contributed by atoms with Crippen LogP contribution in [0, 0.1) is 0 Å². The Balaban J connectivity index is 2.60. The Morgan fingerprint density at radius 2 is 2.06 bits per heavy atom. The van der Waals surface area contributed by atoms with Gasteiger partial charge < -0.3 is 9.97 Å². The summed E-state index contributed by atoms with van der Waals surface area (Å²) in [5, 5.41) is 0. The third-order valence-corrected chi connectivity index (χ3v) is 2.64. The summed E-state index contributed by atoms with van der Waals surface area (Å²) in [5.41, 5.74) is 3.79. The zero-order valence-electron chi connectivity index (χ0n) is 9.79. The molecule has 0 aromatic carbocycles. The van der Waals surface area contributed by atoms with Crippen molar-refractivity contribution in [2.75, 3.05) is 0 Å². The first-order chi connectivity index (χ1) is 7.52. The lowest BCUT2D eigenvalue weighted by Crippen LogP contribution is -2.11. The van der Waals surface area contributed by atoms with Crippen LogP contribution in [0.2, 0.25) is 0 Å². The van der Waals surface area contributed by atoms with Gasteiger partial charge in [0, 0.05) is 6.20 Å². The molecule has 0 radical (unpaired) electrons. The lowest BCUT2D eigenvalue weighted by molar-refractivity contribution is 0.111. The van der Waals surface area contributed by atoms with Gasteiger partial charge in [-0.25, -0.2) is 0 Å². The Kier molecular flexibility index (Phi) is 2.46. The predicted octanol–water partition coefficient (Wildman–Crippen LogP) is 3.12. The summed E-state index contributed by atoms with van der Waals surface area (Å²) >= 11 is 0. The van der Waals surface area contributed by atoms with E-state index in [0.29, 0.717) is 5.69 Å². The van der Waals surface area contributed by atoms with Crippen molar-refractivity contribution < 1.29 is 4.79 Å². The van der Waals surface area contributed by atoms with Crippen LogP contribution in [0.4, 0.5) is 0 Å². The minimum Gasteiger partial charge on any atom is -0.360 e. The van der Waals surface area contributed by atoms with Gasteiger partial charge in [-0.3, -0.25) is 4.79 Å². The number of hydrogen-bond donors (Lipinski definition) is 2. The summed E-state index contributed by atoms with van der Waals surface area (Å²) < 4.78 is 0. The highest BCUT2D eigenvalue weighted by Crippen LogP contribution is 2.32.